The zero-order valence-corrected chi connectivity index (χ0v) is 14.9. The molecule has 24 heavy (non-hydrogen) atoms. The predicted octanol–water partition coefficient (Wildman–Crippen LogP) is 1.89. The molecule has 0 saturated carbocycles. The predicted molar refractivity (Wildman–Crippen MR) is 96.5 cm³/mol. The normalized spacial score (nSPS) is 21.2. The molecule has 2 aliphatic rings. The van der Waals surface area contributed by atoms with Gasteiger partial charge in [-0.3, -0.25) is 9.59 Å². The molecule has 2 heterocycles. The average molecular weight is 352 g/mol. The van der Waals surface area contributed by atoms with E-state index in [0.29, 0.717) is 0 Å². The van der Waals surface area contributed by atoms with Crippen LogP contribution in [0.5, 0.6) is 0 Å². The van der Waals surface area contributed by atoms with Gasteiger partial charge in [0.25, 0.3) is 5.91 Å². The van der Waals surface area contributed by atoms with Crippen molar-refractivity contribution in [3.05, 3.63) is 35.4 Å². The van der Waals surface area contributed by atoms with Gasteiger partial charge in [0.1, 0.15) is 0 Å². The summed E-state index contributed by atoms with van der Waals surface area (Å²) in [5.41, 5.74) is 1.73. The minimum Gasteiger partial charge on any atom is -0.349 e. The fraction of sp³-hybridized carbons (Fsp3) is 0.556. The highest BCUT2D eigenvalue weighted by atomic mass is 35.5. The van der Waals surface area contributed by atoms with Gasteiger partial charge in [0, 0.05) is 24.7 Å². The Hall–Kier alpha value is -1.59. The number of hydrogen-bond acceptors (Lipinski definition) is 3. The van der Waals surface area contributed by atoms with Crippen molar-refractivity contribution >= 4 is 24.2 Å². The minimum absolute atomic E-state index is 0. The molecule has 1 aromatic carbocycles. The van der Waals surface area contributed by atoms with Gasteiger partial charge >= 0.3 is 0 Å². The Bertz CT molecular complexity index is 579. The number of benzene rings is 1. The van der Waals surface area contributed by atoms with Crippen LogP contribution in [0.3, 0.4) is 0 Å². The van der Waals surface area contributed by atoms with Crippen LogP contribution in [0.2, 0.25) is 0 Å². The van der Waals surface area contributed by atoms with Crippen LogP contribution in [0.1, 0.15) is 41.6 Å². The number of likely N-dealkylation sites (tertiary alicyclic amines) is 1. The zero-order valence-electron chi connectivity index (χ0n) is 14.1. The molecule has 6 heteroatoms. The van der Waals surface area contributed by atoms with Crippen LogP contribution in [-0.4, -0.2) is 48.4 Å². The zero-order chi connectivity index (χ0) is 16.2. The maximum absolute atomic E-state index is 12.4. The number of hydrogen-bond donors (Lipinski definition) is 2. The van der Waals surface area contributed by atoms with E-state index in [1.54, 1.807) is 0 Å². The number of carbonyl (C=O) groups is 2. The Morgan fingerprint density at radius 2 is 1.88 bits per heavy atom. The maximum atomic E-state index is 12.4. The van der Waals surface area contributed by atoms with E-state index in [0.717, 1.165) is 56.4 Å². The number of carbonyl (C=O) groups excluding carboxylic acids is 2. The first-order valence-electron chi connectivity index (χ1n) is 8.54. The Morgan fingerprint density at radius 3 is 2.50 bits per heavy atom. The summed E-state index contributed by atoms with van der Waals surface area (Å²) in [6, 6.07) is 7.79. The first kappa shape index (κ1) is 18.7. The van der Waals surface area contributed by atoms with Gasteiger partial charge in [0.05, 0.1) is 6.04 Å². The van der Waals surface area contributed by atoms with Crippen LogP contribution in [0.4, 0.5) is 0 Å². The van der Waals surface area contributed by atoms with Gasteiger partial charge in [0.2, 0.25) is 5.91 Å². The topological polar surface area (TPSA) is 61.4 Å². The fourth-order valence-electron chi connectivity index (χ4n) is 3.45. The van der Waals surface area contributed by atoms with Crippen molar-refractivity contribution in [2.75, 3.05) is 19.6 Å². The molecule has 2 aliphatic heterocycles. The van der Waals surface area contributed by atoms with Crippen molar-refractivity contribution in [2.45, 2.75) is 44.7 Å². The molecule has 2 N–H and O–H groups in total. The molecular weight excluding hydrogens is 326 g/mol. The molecule has 1 atom stereocenters. The molecule has 0 radical (unpaired) electrons. The summed E-state index contributed by atoms with van der Waals surface area (Å²) in [4.78, 5) is 26.7. The number of amides is 2. The third-order valence-electron chi connectivity index (χ3n) is 4.89. The first-order chi connectivity index (χ1) is 11.1. The molecule has 2 saturated heterocycles. The van der Waals surface area contributed by atoms with Crippen LogP contribution in [-0.2, 0) is 4.79 Å². The highest BCUT2D eigenvalue weighted by Crippen LogP contribution is 2.16. The second kappa shape index (κ2) is 8.49. The molecule has 0 bridgehead atoms. The largest absolute Gasteiger partial charge is 0.349 e. The Morgan fingerprint density at radius 1 is 1.17 bits per heavy atom. The summed E-state index contributed by atoms with van der Waals surface area (Å²) < 4.78 is 0. The molecule has 2 fully saturated rings. The van der Waals surface area contributed by atoms with Gasteiger partial charge in [-0.1, -0.05) is 18.2 Å². The van der Waals surface area contributed by atoms with Crippen molar-refractivity contribution in [1.82, 2.24) is 15.5 Å². The van der Waals surface area contributed by atoms with Crippen molar-refractivity contribution in [3.8, 4) is 0 Å². The van der Waals surface area contributed by atoms with E-state index in [9.17, 15) is 9.59 Å². The molecule has 5 nitrogen and oxygen atoms in total. The van der Waals surface area contributed by atoms with E-state index >= 15 is 0 Å². The summed E-state index contributed by atoms with van der Waals surface area (Å²) in [5, 5.41) is 6.38. The van der Waals surface area contributed by atoms with Gasteiger partial charge in [-0.05, 0) is 50.8 Å². The van der Waals surface area contributed by atoms with E-state index in [2.05, 4.69) is 10.6 Å². The monoisotopic (exact) mass is 351 g/mol. The summed E-state index contributed by atoms with van der Waals surface area (Å²) in [6.07, 6.45) is 3.69. The van der Waals surface area contributed by atoms with E-state index in [1.807, 2.05) is 36.1 Å². The second-order valence-corrected chi connectivity index (χ2v) is 6.54. The van der Waals surface area contributed by atoms with Gasteiger partial charge in [-0.15, -0.1) is 12.4 Å². The first-order valence-corrected chi connectivity index (χ1v) is 8.54. The number of nitrogens with zero attached hydrogens (tertiary/aromatic N) is 1. The number of nitrogens with one attached hydrogen (secondary N) is 2. The molecule has 2 amide bonds. The second-order valence-electron chi connectivity index (χ2n) is 6.54. The lowest BCUT2D eigenvalue weighted by atomic mass is 10.0. The summed E-state index contributed by atoms with van der Waals surface area (Å²) in [6.45, 7) is 4.36. The lowest BCUT2D eigenvalue weighted by Crippen LogP contribution is -2.50. The summed E-state index contributed by atoms with van der Waals surface area (Å²) in [7, 11) is 0. The van der Waals surface area contributed by atoms with Crippen LogP contribution in [0, 0.1) is 6.92 Å². The van der Waals surface area contributed by atoms with E-state index in [1.165, 1.54) is 0 Å². The molecule has 1 unspecified atom stereocenters. The standard InChI is InChI=1S/C18H25N3O2.ClH/c1-13-5-2-3-6-15(13)17(22)20-14-8-11-21(12-9-14)18(23)16-7-4-10-19-16;/h2-3,5-6,14,16,19H,4,7-12H2,1H3,(H,20,22);1H. The van der Waals surface area contributed by atoms with Gasteiger partial charge < -0.3 is 15.5 Å². The highest BCUT2D eigenvalue weighted by Gasteiger charge is 2.30. The van der Waals surface area contributed by atoms with E-state index in [4.69, 9.17) is 0 Å². The summed E-state index contributed by atoms with van der Waals surface area (Å²) >= 11 is 0. The Balaban J connectivity index is 0.00000208. The van der Waals surface area contributed by atoms with Crippen molar-refractivity contribution in [1.29, 1.82) is 0 Å². The van der Waals surface area contributed by atoms with Crippen LogP contribution >= 0.6 is 12.4 Å². The lowest BCUT2D eigenvalue weighted by Gasteiger charge is -2.34. The van der Waals surface area contributed by atoms with Gasteiger partial charge in [0.15, 0.2) is 0 Å². The molecule has 0 aromatic heterocycles. The van der Waals surface area contributed by atoms with Gasteiger partial charge in [-0.2, -0.15) is 0 Å². The molecule has 3 rings (SSSR count). The third-order valence-corrected chi connectivity index (χ3v) is 4.89. The minimum atomic E-state index is -0.00895. The third kappa shape index (κ3) is 4.28. The lowest BCUT2D eigenvalue weighted by molar-refractivity contribution is -0.134. The molecule has 1 aromatic rings. The molecule has 132 valence electrons. The number of piperidine rings is 1. The van der Waals surface area contributed by atoms with Crippen LogP contribution < -0.4 is 10.6 Å². The average Bonchev–Trinajstić information content (AvgIpc) is 3.09. The number of rotatable bonds is 3. The SMILES string of the molecule is Cc1ccccc1C(=O)NC1CCN(C(=O)C2CCCN2)CC1.Cl. The van der Waals surface area contributed by atoms with E-state index < -0.39 is 0 Å². The van der Waals surface area contributed by atoms with Crippen LogP contribution in [0.25, 0.3) is 0 Å². The fourth-order valence-corrected chi connectivity index (χ4v) is 3.45. The summed E-state index contributed by atoms with van der Waals surface area (Å²) in [5.74, 6) is 0.219. The number of halogens is 1. The smallest absolute Gasteiger partial charge is 0.251 e. The van der Waals surface area contributed by atoms with Crippen molar-refractivity contribution in [3.63, 3.8) is 0 Å². The highest BCUT2D eigenvalue weighted by molar-refractivity contribution is 5.95. The Labute approximate surface area is 149 Å². The maximum Gasteiger partial charge on any atom is 0.251 e. The number of aryl methyl sites for hydroxylation is 1. The van der Waals surface area contributed by atoms with E-state index in [-0.39, 0.29) is 36.3 Å². The van der Waals surface area contributed by atoms with Crippen LogP contribution in [0.15, 0.2) is 24.3 Å². The Kier molecular flexibility index (Phi) is 6.63. The van der Waals surface area contributed by atoms with Crippen molar-refractivity contribution < 1.29 is 9.59 Å². The molecule has 0 spiro atoms. The van der Waals surface area contributed by atoms with Crippen molar-refractivity contribution in [2.24, 2.45) is 0 Å². The molecular formula is C18H26ClN3O2. The molecule has 0 aliphatic carbocycles. The van der Waals surface area contributed by atoms with Gasteiger partial charge in [-0.25, -0.2) is 0 Å². The quantitative estimate of drug-likeness (QED) is 0.874.